The van der Waals surface area contributed by atoms with E-state index < -0.39 is 0 Å². The molecule has 0 aromatic carbocycles. The summed E-state index contributed by atoms with van der Waals surface area (Å²) in [7, 11) is 1.42. The molecule has 92 valence electrons. The third-order valence-corrected chi connectivity index (χ3v) is 1.77. The highest BCUT2D eigenvalue weighted by molar-refractivity contribution is 5.69. The van der Waals surface area contributed by atoms with Crippen LogP contribution in [0, 0.1) is 0 Å². The first-order chi connectivity index (χ1) is 7.33. The van der Waals surface area contributed by atoms with Gasteiger partial charge in [0.25, 0.3) is 0 Å². The minimum atomic E-state index is -0.147. The number of methoxy groups -OCH3 is 1. The summed E-state index contributed by atoms with van der Waals surface area (Å²) in [6.45, 7) is 10.8. The molecule has 0 radical (unpaired) electrons. The molecule has 1 saturated heterocycles. The van der Waals surface area contributed by atoms with E-state index in [1.54, 1.807) is 0 Å². The van der Waals surface area contributed by atoms with Crippen LogP contribution in [-0.2, 0) is 9.53 Å². The van der Waals surface area contributed by atoms with E-state index in [-0.39, 0.29) is 12.0 Å². The van der Waals surface area contributed by atoms with Gasteiger partial charge in [0, 0.05) is 25.7 Å². The average Bonchev–Trinajstić information content (AvgIpc) is 2.35. The van der Waals surface area contributed by atoms with Gasteiger partial charge in [0.15, 0.2) is 0 Å². The highest BCUT2D eigenvalue weighted by Crippen LogP contribution is 1.95. The molecule has 0 aromatic rings. The summed E-state index contributed by atoms with van der Waals surface area (Å²) in [4.78, 5) is 10.8. The molecule has 0 spiro atoms. The number of ether oxygens (including phenoxy) is 1. The van der Waals surface area contributed by atoms with Crippen molar-refractivity contribution in [1.29, 1.82) is 0 Å². The van der Waals surface area contributed by atoms with Crippen molar-refractivity contribution < 1.29 is 9.53 Å². The van der Waals surface area contributed by atoms with Gasteiger partial charge in [-0.3, -0.25) is 4.79 Å². The molecular formula is C11H26N2O2. The zero-order chi connectivity index (χ0) is 12.1. The second kappa shape index (κ2) is 13.4. The highest BCUT2D eigenvalue weighted by Gasteiger charge is 2.15. The molecule has 1 rings (SSSR count). The third kappa shape index (κ3) is 9.69. The predicted molar refractivity (Wildman–Crippen MR) is 64.0 cm³/mol. The zero-order valence-corrected chi connectivity index (χ0v) is 10.7. The summed E-state index contributed by atoms with van der Waals surface area (Å²) < 4.78 is 4.55. The van der Waals surface area contributed by atoms with Gasteiger partial charge in [-0.25, -0.2) is 0 Å². The summed E-state index contributed by atoms with van der Waals surface area (Å²) in [5.74, 6) is -0.147. The fraction of sp³-hybridized carbons (Fsp3) is 0.909. The van der Waals surface area contributed by atoms with Gasteiger partial charge in [-0.15, -0.1) is 0 Å². The molecule has 0 saturated carbocycles. The van der Waals surface area contributed by atoms with Crippen molar-refractivity contribution in [2.45, 2.75) is 40.2 Å². The van der Waals surface area contributed by atoms with Gasteiger partial charge < -0.3 is 15.4 Å². The van der Waals surface area contributed by atoms with Crippen LogP contribution >= 0.6 is 0 Å². The van der Waals surface area contributed by atoms with Crippen molar-refractivity contribution in [2.75, 3.05) is 26.7 Å². The fourth-order valence-corrected chi connectivity index (χ4v) is 1.14. The zero-order valence-electron chi connectivity index (χ0n) is 10.7. The Morgan fingerprint density at radius 1 is 1.27 bits per heavy atom. The van der Waals surface area contributed by atoms with Crippen molar-refractivity contribution in [3.8, 4) is 0 Å². The minimum absolute atomic E-state index is 0.147. The first-order valence-electron chi connectivity index (χ1n) is 5.84. The van der Waals surface area contributed by atoms with Crippen molar-refractivity contribution in [2.24, 2.45) is 0 Å². The molecule has 1 atom stereocenters. The predicted octanol–water partition coefficient (Wildman–Crippen LogP) is 1.16. The Bertz CT molecular complexity index is 135. The molecule has 0 aliphatic carbocycles. The molecular weight excluding hydrogens is 192 g/mol. The number of carbonyl (C=O) groups excluding carboxylic acids is 1. The van der Waals surface area contributed by atoms with Gasteiger partial charge in [0.05, 0.1) is 13.5 Å². The van der Waals surface area contributed by atoms with Crippen LogP contribution in [0.3, 0.4) is 0 Å². The minimum Gasteiger partial charge on any atom is -0.469 e. The van der Waals surface area contributed by atoms with Crippen LogP contribution in [-0.4, -0.2) is 38.8 Å². The maximum absolute atomic E-state index is 10.8. The van der Waals surface area contributed by atoms with E-state index in [0.717, 1.165) is 19.6 Å². The third-order valence-electron chi connectivity index (χ3n) is 1.77. The lowest BCUT2D eigenvalue weighted by Crippen LogP contribution is -2.49. The summed E-state index contributed by atoms with van der Waals surface area (Å²) in [6, 6.07) is 0.246. The summed E-state index contributed by atoms with van der Waals surface area (Å²) in [5, 5.41) is 6.41. The van der Waals surface area contributed by atoms with Gasteiger partial charge in [0.2, 0.25) is 0 Å². The highest BCUT2D eigenvalue weighted by atomic mass is 16.5. The fourth-order valence-electron chi connectivity index (χ4n) is 1.14. The van der Waals surface area contributed by atoms with Crippen LogP contribution in [0.4, 0.5) is 0 Å². The molecule has 1 heterocycles. The standard InChI is InChI=1S/C7H14N2O2.2C2H6/c1-11-7(10)4-6-5-8-2-3-9-6;2*1-2/h6,8-9H,2-5H2,1H3;2*1-2H3. The van der Waals surface area contributed by atoms with Gasteiger partial charge in [-0.1, -0.05) is 27.7 Å². The Hall–Kier alpha value is -0.610. The molecule has 2 N–H and O–H groups in total. The van der Waals surface area contributed by atoms with E-state index in [1.807, 2.05) is 27.7 Å². The molecule has 15 heavy (non-hydrogen) atoms. The van der Waals surface area contributed by atoms with Crippen molar-refractivity contribution >= 4 is 5.97 Å². The molecule has 1 unspecified atom stereocenters. The van der Waals surface area contributed by atoms with Crippen LogP contribution in [0.1, 0.15) is 34.1 Å². The Kier molecular flexibility index (Phi) is 15.0. The van der Waals surface area contributed by atoms with Crippen LogP contribution in [0.25, 0.3) is 0 Å². The first-order valence-corrected chi connectivity index (χ1v) is 5.84. The van der Waals surface area contributed by atoms with E-state index in [4.69, 9.17) is 0 Å². The Labute approximate surface area is 93.8 Å². The van der Waals surface area contributed by atoms with E-state index in [0.29, 0.717) is 6.42 Å². The van der Waals surface area contributed by atoms with Crippen LogP contribution in [0.5, 0.6) is 0 Å². The van der Waals surface area contributed by atoms with E-state index in [2.05, 4.69) is 15.4 Å². The SMILES string of the molecule is CC.CC.COC(=O)CC1CNCCN1. The smallest absolute Gasteiger partial charge is 0.307 e. The van der Waals surface area contributed by atoms with Crippen molar-refractivity contribution in [1.82, 2.24) is 10.6 Å². The van der Waals surface area contributed by atoms with Crippen molar-refractivity contribution in [3.05, 3.63) is 0 Å². The molecule has 0 amide bonds. The Balaban J connectivity index is 0. The Morgan fingerprint density at radius 2 is 1.87 bits per heavy atom. The number of nitrogens with one attached hydrogen (secondary N) is 2. The van der Waals surface area contributed by atoms with Gasteiger partial charge in [-0.05, 0) is 0 Å². The topological polar surface area (TPSA) is 50.4 Å². The number of hydrogen-bond acceptors (Lipinski definition) is 4. The second-order valence-corrected chi connectivity index (χ2v) is 2.64. The number of piperazine rings is 1. The van der Waals surface area contributed by atoms with Crippen molar-refractivity contribution in [3.63, 3.8) is 0 Å². The molecule has 0 aromatic heterocycles. The van der Waals surface area contributed by atoms with E-state index in [1.165, 1.54) is 7.11 Å². The molecule has 1 aliphatic rings. The second-order valence-electron chi connectivity index (χ2n) is 2.64. The lowest BCUT2D eigenvalue weighted by molar-refractivity contribution is -0.141. The van der Waals surface area contributed by atoms with Crippen LogP contribution in [0.15, 0.2) is 0 Å². The van der Waals surface area contributed by atoms with Gasteiger partial charge >= 0.3 is 5.97 Å². The maximum Gasteiger partial charge on any atom is 0.307 e. The number of rotatable bonds is 2. The Morgan fingerprint density at radius 3 is 2.27 bits per heavy atom. The maximum atomic E-state index is 10.8. The molecule has 4 heteroatoms. The molecule has 1 fully saturated rings. The lowest BCUT2D eigenvalue weighted by Gasteiger charge is -2.23. The molecule has 1 aliphatic heterocycles. The monoisotopic (exact) mass is 218 g/mol. The summed E-state index contributed by atoms with van der Waals surface area (Å²) in [5.41, 5.74) is 0. The quantitative estimate of drug-likeness (QED) is 0.683. The van der Waals surface area contributed by atoms with E-state index in [9.17, 15) is 4.79 Å². The van der Waals surface area contributed by atoms with Gasteiger partial charge in [-0.2, -0.15) is 0 Å². The van der Waals surface area contributed by atoms with Crippen LogP contribution < -0.4 is 10.6 Å². The lowest BCUT2D eigenvalue weighted by atomic mass is 10.2. The molecule has 4 nitrogen and oxygen atoms in total. The van der Waals surface area contributed by atoms with Crippen LogP contribution in [0.2, 0.25) is 0 Å². The van der Waals surface area contributed by atoms with Gasteiger partial charge in [0.1, 0.15) is 0 Å². The van der Waals surface area contributed by atoms with E-state index >= 15 is 0 Å². The molecule has 0 bridgehead atoms. The first kappa shape index (κ1) is 16.8. The number of hydrogen-bond donors (Lipinski definition) is 2. The summed E-state index contributed by atoms with van der Waals surface area (Å²) in [6.07, 6.45) is 0.462. The largest absolute Gasteiger partial charge is 0.469 e. The number of carbonyl (C=O) groups is 1. The number of esters is 1. The summed E-state index contributed by atoms with van der Waals surface area (Å²) >= 11 is 0. The average molecular weight is 218 g/mol. The normalized spacial score (nSPS) is 18.9.